The minimum absolute atomic E-state index is 0.00356. The van der Waals surface area contributed by atoms with Crippen molar-refractivity contribution in [3.05, 3.63) is 139 Å². The molecule has 0 N–H and O–H groups in total. The maximum atomic E-state index is 2.50. The van der Waals surface area contributed by atoms with Gasteiger partial charge in [-0.2, -0.15) is 0 Å². The second kappa shape index (κ2) is 7.57. The van der Waals surface area contributed by atoms with Crippen LogP contribution in [0.3, 0.4) is 0 Å². The van der Waals surface area contributed by atoms with Gasteiger partial charge in [-0.3, -0.25) is 0 Å². The molecule has 0 spiro atoms. The third-order valence-electron chi connectivity index (χ3n) is 10.1. The largest absolute Gasteiger partial charge is 0.308 e. The summed E-state index contributed by atoms with van der Waals surface area (Å²) in [4.78, 5) is 0. The Kier molecular flexibility index (Phi) is 4.06. The first-order valence-electron chi connectivity index (χ1n) is 14.9. The van der Waals surface area contributed by atoms with Gasteiger partial charge in [0, 0.05) is 27.0 Å². The van der Waals surface area contributed by atoms with Gasteiger partial charge in [0.05, 0.1) is 16.6 Å². The van der Waals surface area contributed by atoms with Crippen LogP contribution in [0.25, 0.3) is 81.9 Å². The van der Waals surface area contributed by atoms with Crippen LogP contribution in [0.2, 0.25) is 0 Å². The molecule has 1 aliphatic rings. The zero-order valence-electron chi connectivity index (χ0n) is 23.6. The Hall–Kier alpha value is -5.14. The van der Waals surface area contributed by atoms with Crippen molar-refractivity contribution >= 4 is 59.6 Å². The summed E-state index contributed by atoms with van der Waals surface area (Å²) >= 11 is 0. The van der Waals surface area contributed by atoms with Crippen molar-refractivity contribution in [2.24, 2.45) is 0 Å². The highest BCUT2D eigenvalue weighted by atomic mass is 14.9. The van der Waals surface area contributed by atoms with Crippen molar-refractivity contribution in [2.75, 3.05) is 0 Å². The molecule has 10 rings (SSSR count). The molecule has 196 valence electrons. The van der Waals surface area contributed by atoms with Crippen LogP contribution in [0.15, 0.2) is 127 Å². The SMILES string of the molecule is CC1(C)c2ccccc2-c2ccc(-c3ccc4cc5c6cccc7c8cc9ccccc9cc8n(c5cc4c3)c76)cc21. The van der Waals surface area contributed by atoms with Crippen molar-refractivity contribution in [2.45, 2.75) is 19.3 Å². The van der Waals surface area contributed by atoms with Crippen molar-refractivity contribution in [1.29, 1.82) is 0 Å². The first-order chi connectivity index (χ1) is 20.6. The monoisotopic (exact) mass is 533 g/mol. The number of para-hydroxylation sites is 1. The molecule has 42 heavy (non-hydrogen) atoms. The quantitative estimate of drug-likeness (QED) is 0.198. The first kappa shape index (κ1) is 22.5. The molecule has 7 aromatic carbocycles. The highest BCUT2D eigenvalue weighted by Gasteiger charge is 2.35. The fourth-order valence-corrected chi connectivity index (χ4v) is 7.97. The lowest BCUT2D eigenvalue weighted by Crippen LogP contribution is -2.14. The number of aromatic nitrogens is 1. The molecule has 9 aromatic rings. The standard InChI is InChI=1S/C41H27N/c1-41(2)36-13-6-5-10-30(36)31-17-16-28(21-37(31)41)26-14-15-27-20-35-33-12-7-11-32-34-19-24-8-3-4-9-25(24)22-38(34)42(40(32)33)39(35)23-29(27)18-26/h3-23H,1-2H3. The van der Waals surface area contributed by atoms with Crippen LogP contribution in [-0.2, 0) is 5.41 Å². The predicted octanol–water partition coefficient (Wildman–Crippen LogP) is 11.1. The highest BCUT2D eigenvalue weighted by Crippen LogP contribution is 2.49. The maximum absolute atomic E-state index is 2.50. The topological polar surface area (TPSA) is 4.41 Å². The summed E-state index contributed by atoms with van der Waals surface area (Å²) in [6.45, 7) is 4.71. The third kappa shape index (κ3) is 2.74. The molecule has 0 aliphatic heterocycles. The van der Waals surface area contributed by atoms with Gasteiger partial charge >= 0.3 is 0 Å². The Labute approximate surface area is 243 Å². The van der Waals surface area contributed by atoms with Gasteiger partial charge in [0.2, 0.25) is 0 Å². The van der Waals surface area contributed by atoms with E-state index in [0.29, 0.717) is 0 Å². The van der Waals surface area contributed by atoms with Gasteiger partial charge in [0.25, 0.3) is 0 Å². The van der Waals surface area contributed by atoms with Crippen LogP contribution in [0, 0.1) is 0 Å². The zero-order chi connectivity index (χ0) is 27.7. The summed E-state index contributed by atoms with van der Waals surface area (Å²) in [5, 5.41) is 10.4. The Bertz CT molecular complexity index is 2590. The van der Waals surface area contributed by atoms with E-state index in [9.17, 15) is 0 Å². The van der Waals surface area contributed by atoms with E-state index in [4.69, 9.17) is 0 Å². The van der Waals surface area contributed by atoms with Gasteiger partial charge in [-0.25, -0.2) is 0 Å². The predicted molar refractivity (Wildman–Crippen MR) is 179 cm³/mol. The van der Waals surface area contributed by atoms with Crippen LogP contribution in [0.1, 0.15) is 25.0 Å². The number of rotatable bonds is 1. The van der Waals surface area contributed by atoms with Gasteiger partial charge in [-0.1, -0.05) is 105 Å². The Balaban J connectivity index is 1.22. The normalized spacial score (nSPS) is 14.1. The van der Waals surface area contributed by atoms with Crippen LogP contribution in [0.5, 0.6) is 0 Å². The summed E-state index contributed by atoms with van der Waals surface area (Å²) < 4.78 is 2.50. The molecule has 0 radical (unpaired) electrons. The second-order valence-corrected chi connectivity index (χ2v) is 12.6. The van der Waals surface area contributed by atoms with Gasteiger partial charge in [0.15, 0.2) is 0 Å². The first-order valence-corrected chi connectivity index (χ1v) is 14.9. The van der Waals surface area contributed by atoms with Gasteiger partial charge in [-0.15, -0.1) is 0 Å². The fourth-order valence-electron chi connectivity index (χ4n) is 7.97. The highest BCUT2D eigenvalue weighted by molar-refractivity contribution is 6.25. The summed E-state index contributed by atoms with van der Waals surface area (Å²) in [7, 11) is 0. The average molecular weight is 534 g/mol. The lowest BCUT2D eigenvalue weighted by atomic mass is 9.81. The molecule has 1 aliphatic carbocycles. The van der Waals surface area contributed by atoms with Crippen LogP contribution in [0.4, 0.5) is 0 Å². The number of benzene rings is 7. The zero-order valence-corrected chi connectivity index (χ0v) is 23.6. The molecule has 1 heteroatoms. The molecule has 1 nitrogen and oxygen atoms in total. The lowest BCUT2D eigenvalue weighted by Gasteiger charge is -2.22. The molecular weight excluding hydrogens is 506 g/mol. The molecule has 0 fully saturated rings. The molecule has 0 saturated heterocycles. The molecule has 2 aromatic heterocycles. The van der Waals surface area contributed by atoms with E-state index in [1.54, 1.807) is 0 Å². The summed E-state index contributed by atoms with van der Waals surface area (Å²) in [6.07, 6.45) is 0. The van der Waals surface area contributed by atoms with Crippen molar-refractivity contribution < 1.29 is 0 Å². The molecular formula is C41H27N. The fraction of sp³-hybridized carbons (Fsp3) is 0.0732. The van der Waals surface area contributed by atoms with Crippen LogP contribution < -0.4 is 0 Å². The average Bonchev–Trinajstić information content (AvgIpc) is 3.61. The molecule has 0 bridgehead atoms. The van der Waals surface area contributed by atoms with E-state index in [0.717, 1.165) is 0 Å². The number of hydrogen-bond donors (Lipinski definition) is 0. The molecule has 0 unspecified atom stereocenters. The Morgan fingerprint density at radius 1 is 0.429 bits per heavy atom. The Morgan fingerprint density at radius 3 is 1.81 bits per heavy atom. The molecule has 0 amide bonds. The Morgan fingerprint density at radius 2 is 1.02 bits per heavy atom. The minimum Gasteiger partial charge on any atom is -0.308 e. The molecule has 2 heterocycles. The van der Waals surface area contributed by atoms with Crippen molar-refractivity contribution in [3.63, 3.8) is 0 Å². The van der Waals surface area contributed by atoms with E-state index in [-0.39, 0.29) is 5.41 Å². The number of fused-ring (bicyclic) bond motifs is 11. The maximum Gasteiger partial charge on any atom is 0.0620 e. The molecule has 0 atom stereocenters. The van der Waals surface area contributed by atoms with Crippen molar-refractivity contribution in [1.82, 2.24) is 4.40 Å². The van der Waals surface area contributed by atoms with Gasteiger partial charge < -0.3 is 4.40 Å². The third-order valence-corrected chi connectivity index (χ3v) is 10.1. The van der Waals surface area contributed by atoms with Crippen molar-refractivity contribution in [3.8, 4) is 22.3 Å². The van der Waals surface area contributed by atoms with E-state index in [2.05, 4.69) is 146 Å². The second-order valence-electron chi connectivity index (χ2n) is 12.6. The summed E-state index contributed by atoms with van der Waals surface area (Å²) in [6, 6.07) is 47.9. The number of hydrogen-bond acceptors (Lipinski definition) is 0. The lowest BCUT2D eigenvalue weighted by molar-refractivity contribution is 0.660. The molecule has 0 saturated carbocycles. The van der Waals surface area contributed by atoms with E-state index in [1.165, 1.54) is 93.0 Å². The van der Waals surface area contributed by atoms with E-state index < -0.39 is 0 Å². The van der Waals surface area contributed by atoms with Crippen LogP contribution >= 0.6 is 0 Å². The van der Waals surface area contributed by atoms with Gasteiger partial charge in [0.1, 0.15) is 0 Å². The van der Waals surface area contributed by atoms with E-state index >= 15 is 0 Å². The minimum atomic E-state index is -0.00356. The van der Waals surface area contributed by atoms with Gasteiger partial charge in [-0.05, 0) is 91.3 Å². The van der Waals surface area contributed by atoms with Crippen LogP contribution in [-0.4, -0.2) is 4.40 Å². The summed E-state index contributed by atoms with van der Waals surface area (Å²) in [5.41, 5.74) is 12.0. The number of nitrogens with zero attached hydrogens (tertiary/aromatic N) is 1. The van der Waals surface area contributed by atoms with E-state index in [1.807, 2.05) is 0 Å². The summed E-state index contributed by atoms with van der Waals surface area (Å²) in [5.74, 6) is 0. The smallest absolute Gasteiger partial charge is 0.0620 e.